The van der Waals surface area contributed by atoms with E-state index in [-0.39, 0.29) is 11.3 Å². The minimum absolute atomic E-state index is 0.231. The third-order valence-corrected chi connectivity index (χ3v) is 5.46. The lowest BCUT2D eigenvalue weighted by Crippen LogP contribution is -2.54. The van der Waals surface area contributed by atoms with Crippen LogP contribution >= 0.6 is 23.2 Å². The lowest BCUT2D eigenvalue weighted by atomic mass is 9.72. The fourth-order valence-corrected chi connectivity index (χ4v) is 3.99. The summed E-state index contributed by atoms with van der Waals surface area (Å²) in [5.41, 5.74) is 0.380. The molecule has 0 aromatic heterocycles. The molecular formula is C17H23Cl2NO. The first kappa shape index (κ1) is 16.8. The van der Waals surface area contributed by atoms with Crippen molar-refractivity contribution in [3.05, 3.63) is 33.8 Å². The van der Waals surface area contributed by atoms with Crippen molar-refractivity contribution in [2.75, 3.05) is 14.1 Å². The van der Waals surface area contributed by atoms with Gasteiger partial charge in [0, 0.05) is 16.5 Å². The molecule has 0 heterocycles. The van der Waals surface area contributed by atoms with Crippen molar-refractivity contribution in [1.82, 2.24) is 4.90 Å². The maximum atomic E-state index is 13.0. The Morgan fingerprint density at radius 2 is 1.95 bits per heavy atom. The minimum atomic E-state index is -0.375. The number of rotatable bonds is 4. The van der Waals surface area contributed by atoms with E-state index in [4.69, 9.17) is 23.2 Å². The third-order valence-electron chi connectivity index (χ3n) is 4.75. The summed E-state index contributed by atoms with van der Waals surface area (Å²) in [5, 5.41) is 1.15. The second-order valence-electron chi connectivity index (χ2n) is 6.43. The zero-order chi connectivity index (χ0) is 15.6. The monoisotopic (exact) mass is 327 g/mol. The highest BCUT2D eigenvalue weighted by molar-refractivity contribution is 6.36. The number of halogens is 2. The van der Waals surface area contributed by atoms with Crippen LogP contribution in [0.1, 0.15) is 38.2 Å². The normalized spacial score (nSPS) is 26.1. The van der Waals surface area contributed by atoms with E-state index in [1.165, 1.54) is 6.42 Å². The van der Waals surface area contributed by atoms with E-state index in [0.29, 0.717) is 22.4 Å². The summed E-state index contributed by atoms with van der Waals surface area (Å²) in [6.45, 7) is 2.23. The summed E-state index contributed by atoms with van der Waals surface area (Å²) in [4.78, 5) is 15.1. The second-order valence-corrected chi connectivity index (χ2v) is 7.24. The molecule has 0 N–H and O–H groups in total. The van der Waals surface area contributed by atoms with Gasteiger partial charge in [-0.2, -0.15) is 0 Å². The lowest BCUT2D eigenvalue weighted by molar-refractivity contribution is -0.132. The summed E-state index contributed by atoms with van der Waals surface area (Å²) in [7, 11) is 4.01. The average Bonchev–Trinajstić information content (AvgIpc) is 2.42. The van der Waals surface area contributed by atoms with Crippen molar-refractivity contribution in [3.63, 3.8) is 0 Å². The van der Waals surface area contributed by atoms with Gasteiger partial charge in [-0.3, -0.25) is 9.69 Å². The summed E-state index contributed by atoms with van der Waals surface area (Å²) in [5.74, 6) is 0.806. The Morgan fingerprint density at radius 3 is 2.48 bits per heavy atom. The zero-order valence-corrected chi connectivity index (χ0v) is 14.5. The molecule has 1 fully saturated rings. The fraction of sp³-hybridized carbons (Fsp3) is 0.588. The van der Waals surface area contributed by atoms with Crippen LogP contribution < -0.4 is 0 Å². The van der Waals surface area contributed by atoms with E-state index in [1.54, 1.807) is 12.1 Å². The summed E-state index contributed by atoms with van der Waals surface area (Å²) in [6.07, 6.45) is 4.45. The fourth-order valence-electron chi connectivity index (χ4n) is 3.46. The van der Waals surface area contributed by atoms with Gasteiger partial charge in [-0.15, -0.1) is 0 Å². The van der Waals surface area contributed by atoms with Crippen LogP contribution in [0.3, 0.4) is 0 Å². The molecule has 0 bridgehead atoms. The van der Waals surface area contributed by atoms with Crippen LogP contribution in [0.25, 0.3) is 0 Å². The van der Waals surface area contributed by atoms with Crippen LogP contribution in [0.15, 0.2) is 18.2 Å². The van der Waals surface area contributed by atoms with Gasteiger partial charge in [-0.1, -0.05) is 49.0 Å². The number of nitrogens with zero attached hydrogens (tertiary/aromatic N) is 1. The smallest absolute Gasteiger partial charge is 0.157 e. The minimum Gasteiger partial charge on any atom is -0.297 e. The quantitative estimate of drug-likeness (QED) is 0.804. The molecule has 1 aliphatic carbocycles. The Morgan fingerprint density at radius 1 is 1.33 bits per heavy atom. The van der Waals surface area contributed by atoms with E-state index < -0.39 is 0 Å². The van der Waals surface area contributed by atoms with Crippen LogP contribution in [0.2, 0.25) is 10.0 Å². The van der Waals surface area contributed by atoms with E-state index in [2.05, 4.69) is 11.8 Å². The SMILES string of the molecule is CC1CCCC(C(=O)Cc2c(Cl)cccc2Cl)(N(C)C)C1. The first-order valence-corrected chi connectivity index (χ1v) is 8.26. The number of carbonyl (C=O) groups excluding carboxylic acids is 1. The number of ketones is 1. The molecular weight excluding hydrogens is 305 g/mol. The summed E-state index contributed by atoms with van der Waals surface area (Å²) >= 11 is 12.4. The summed E-state index contributed by atoms with van der Waals surface area (Å²) in [6, 6.07) is 5.40. The van der Waals surface area contributed by atoms with Gasteiger partial charge in [-0.05, 0) is 50.6 Å². The Hall–Kier alpha value is -0.570. The predicted molar refractivity (Wildman–Crippen MR) is 89.2 cm³/mol. The molecule has 2 atom stereocenters. The van der Waals surface area contributed by atoms with Crippen molar-refractivity contribution < 1.29 is 4.79 Å². The molecule has 2 rings (SSSR count). The van der Waals surface area contributed by atoms with Gasteiger partial charge >= 0.3 is 0 Å². The molecule has 0 aliphatic heterocycles. The number of likely N-dealkylation sites (N-methyl/N-ethyl adjacent to an activating group) is 1. The Bertz CT molecular complexity index is 509. The first-order chi connectivity index (χ1) is 9.86. The number of hydrogen-bond acceptors (Lipinski definition) is 2. The van der Waals surface area contributed by atoms with E-state index in [0.717, 1.165) is 24.8 Å². The Labute approximate surface area is 137 Å². The third kappa shape index (κ3) is 3.44. The van der Waals surface area contributed by atoms with Gasteiger partial charge in [0.1, 0.15) is 0 Å². The van der Waals surface area contributed by atoms with Crippen molar-refractivity contribution >= 4 is 29.0 Å². The molecule has 0 spiro atoms. The van der Waals surface area contributed by atoms with Crippen LogP contribution in [0.4, 0.5) is 0 Å². The van der Waals surface area contributed by atoms with E-state index in [9.17, 15) is 4.79 Å². The molecule has 0 amide bonds. The molecule has 0 radical (unpaired) electrons. The van der Waals surface area contributed by atoms with Crippen LogP contribution in [0.5, 0.6) is 0 Å². The highest BCUT2D eigenvalue weighted by atomic mass is 35.5. The second kappa shape index (κ2) is 6.68. The van der Waals surface area contributed by atoms with Gasteiger partial charge in [0.05, 0.1) is 5.54 Å². The number of hydrogen-bond donors (Lipinski definition) is 0. The molecule has 2 unspecified atom stereocenters. The molecule has 2 nitrogen and oxygen atoms in total. The van der Waals surface area contributed by atoms with E-state index >= 15 is 0 Å². The Kier molecular flexibility index (Phi) is 5.34. The average molecular weight is 328 g/mol. The zero-order valence-electron chi connectivity index (χ0n) is 13.0. The van der Waals surface area contributed by atoms with E-state index in [1.807, 2.05) is 20.2 Å². The van der Waals surface area contributed by atoms with Gasteiger partial charge in [-0.25, -0.2) is 0 Å². The van der Waals surface area contributed by atoms with Crippen molar-refractivity contribution in [3.8, 4) is 0 Å². The van der Waals surface area contributed by atoms with Crippen LogP contribution in [0, 0.1) is 5.92 Å². The largest absolute Gasteiger partial charge is 0.297 e. The van der Waals surface area contributed by atoms with Crippen molar-refractivity contribution in [2.24, 2.45) is 5.92 Å². The molecule has 1 aromatic carbocycles. The van der Waals surface area contributed by atoms with Gasteiger partial charge in [0.15, 0.2) is 5.78 Å². The summed E-state index contributed by atoms with van der Waals surface area (Å²) < 4.78 is 0. The molecule has 1 aromatic rings. The predicted octanol–water partition coefficient (Wildman–Crippen LogP) is 4.62. The molecule has 1 aliphatic rings. The highest BCUT2D eigenvalue weighted by Crippen LogP contribution is 2.38. The molecule has 4 heteroatoms. The first-order valence-electron chi connectivity index (χ1n) is 7.50. The van der Waals surface area contributed by atoms with Gasteiger partial charge < -0.3 is 0 Å². The molecule has 1 saturated carbocycles. The van der Waals surface area contributed by atoms with Crippen LogP contribution in [-0.2, 0) is 11.2 Å². The standard InChI is InChI=1S/C17H23Cl2NO/c1-12-6-5-9-17(11-12,20(2)3)16(21)10-13-14(18)7-4-8-15(13)19/h4,7-8,12H,5-6,9-11H2,1-3H3. The number of Topliss-reactive ketones (excluding diaryl/α,β-unsaturated/α-hetero) is 1. The molecule has 116 valence electrons. The molecule has 21 heavy (non-hydrogen) atoms. The van der Waals surface area contributed by atoms with Crippen molar-refractivity contribution in [2.45, 2.75) is 44.6 Å². The lowest BCUT2D eigenvalue weighted by Gasteiger charge is -2.44. The molecule has 0 saturated heterocycles. The topological polar surface area (TPSA) is 20.3 Å². The number of benzene rings is 1. The maximum absolute atomic E-state index is 13.0. The Balaban J connectivity index is 2.28. The highest BCUT2D eigenvalue weighted by Gasteiger charge is 2.43. The van der Waals surface area contributed by atoms with Gasteiger partial charge in [0.2, 0.25) is 0 Å². The van der Waals surface area contributed by atoms with Crippen LogP contribution in [-0.4, -0.2) is 30.3 Å². The van der Waals surface area contributed by atoms with Gasteiger partial charge in [0.25, 0.3) is 0 Å². The maximum Gasteiger partial charge on any atom is 0.157 e. The van der Waals surface area contributed by atoms with Crippen molar-refractivity contribution in [1.29, 1.82) is 0 Å². The number of carbonyl (C=O) groups is 1.